The van der Waals surface area contributed by atoms with E-state index in [-0.39, 0.29) is 11.9 Å². The van der Waals surface area contributed by atoms with Crippen molar-refractivity contribution in [3.8, 4) is 0 Å². The minimum absolute atomic E-state index is 0.323. The molecule has 0 unspecified atom stereocenters. The number of halogens is 1. The van der Waals surface area contributed by atoms with Gasteiger partial charge < -0.3 is 11.1 Å². The van der Waals surface area contributed by atoms with Crippen LogP contribution in [0.15, 0.2) is 24.3 Å². The number of benzene rings is 1. The molecule has 1 amide bonds. The molecule has 76 valence electrons. The minimum atomic E-state index is -0.345. The molecule has 14 heavy (non-hydrogen) atoms. The molecule has 0 saturated carbocycles. The van der Waals surface area contributed by atoms with Gasteiger partial charge in [0.2, 0.25) is 5.91 Å². The van der Waals surface area contributed by atoms with Crippen LogP contribution in [0.2, 0.25) is 5.02 Å². The summed E-state index contributed by atoms with van der Waals surface area (Å²) in [5, 5.41) is 3.55. The van der Waals surface area contributed by atoms with Crippen LogP contribution in [-0.2, 0) is 11.2 Å². The zero-order valence-corrected chi connectivity index (χ0v) is 8.71. The smallest absolute Gasteiger partial charge is 0.234 e. The van der Waals surface area contributed by atoms with Crippen LogP contribution < -0.4 is 11.1 Å². The minimum Gasteiger partial charge on any atom is -0.368 e. The highest BCUT2D eigenvalue weighted by Crippen LogP contribution is 2.10. The summed E-state index contributed by atoms with van der Waals surface area (Å²) < 4.78 is 0. The first-order chi connectivity index (χ1) is 6.63. The van der Waals surface area contributed by atoms with Crippen LogP contribution in [0.5, 0.6) is 0 Å². The molecule has 1 rings (SSSR count). The maximum Gasteiger partial charge on any atom is 0.234 e. The van der Waals surface area contributed by atoms with Gasteiger partial charge in [0.05, 0.1) is 6.04 Å². The third kappa shape index (κ3) is 3.01. The van der Waals surface area contributed by atoms with Gasteiger partial charge >= 0.3 is 0 Å². The molecule has 4 heteroatoms. The van der Waals surface area contributed by atoms with E-state index in [0.717, 1.165) is 5.56 Å². The molecule has 0 radical (unpaired) electrons. The van der Waals surface area contributed by atoms with Crippen molar-refractivity contribution in [3.05, 3.63) is 34.9 Å². The van der Waals surface area contributed by atoms with Crippen LogP contribution >= 0.6 is 11.6 Å². The zero-order chi connectivity index (χ0) is 10.6. The number of likely N-dealkylation sites (N-methyl/N-ethyl adjacent to an activating group) is 1. The number of nitrogens with two attached hydrogens (primary N) is 1. The average Bonchev–Trinajstić information content (AvgIpc) is 2.16. The SMILES string of the molecule is CN[C@@H](Cc1ccc(Cl)cc1)C(N)=O. The zero-order valence-electron chi connectivity index (χ0n) is 7.96. The summed E-state index contributed by atoms with van der Waals surface area (Å²) in [6.45, 7) is 0. The lowest BCUT2D eigenvalue weighted by Gasteiger charge is -2.11. The Kier molecular flexibility index (Phi) is 3.92. The molecule has 1 aromatic rings. The maximum absolute atomic E-state index is 10.9. The summed E-state index contributed by atoms with van der Waals surface area (Å²) in [5.41, 5.74) is 6.23. The highest BCUT2D eigenvalue weighted by atomic mass is 35.5. The van der Waals surface area contributed by atoms with E-state index in [1.54, 1.807) is 19.2 Å². The molecule has 0 fully saturated rings. The van der Waals surface area contributed by atoms with Crippen LogP contribution in [0.25, 0.3) is 0 Å². The molecular weight excluding hydrogens is 200 g/mol. The molecule has 0 heterocycles. The van der Waals surface area contributed by atoms with Gasteiger partial charge in [0.25, 0.3) is 0 Å². The molecule has 0 aliphatic carbocycles. The molecule has 0 bridgehead atoms. The monoisotopic (exact) mass is 212 g/mol. The molecular formula is C10H13ClN2O. The summed E-state index contributed by atoms with van der Waals surface area (Å²) in [7, 11) is 1.71. The van der Waals surface area contributed by atoms with Gasteiger partial charge in [-0.25, -0.2) is 0 Å². The Morgan fingerprint density at radius 1 is 1.50 bits per heavy atom. The Hall–Kier alpha value is -1.06. The quantitative estimate of drug-likeness (QED) is 0.781. The summed E-state index contributed by atoms with van der Waals surface area (Å²) in [5.74, 6) is -0.345. The molecule has 1 aromatic carbocycles. The first kappa shape index (κ1) is 11.0. The fraction of sp³-hybridized carbons (Fsp3) is 0.300. The van der Waals surface area contributed by atoms with Crippen LogP contribution in [0.1, 0.15) is 5.56 Å². The summed E-state index contributed by atoms with van der Waals surface area (Å²) in [4.78, 5) is 10.9. The number of amides is 1. The van der Waals surface area contributed by atoms with E-state index >= 15 is 0 Å². The number of hydrogen-bond acceptors (Lipinski definition) is 2. The maximum atomic E-state index is 10.9. The lowest BCUT2D eigenvalue weighted by atomic mass is 10.1. The van der Waals surface area contributed by atoms with E-state index in [0.29, 0.717) is 11.4 Å². The lowest BCUT2D eigenvalue weighted by molar-refractivity contribution is -0.119. The van der Waals surface area contributed by atoms with E-state index in [1.807, 2.05) is 12.1 Å². The Labute approximate surface area is 88.2 Å². The number of hydrogen-bond donors (Lipinski definition) is 2. The van der Waals surface area contributed by atoms with Crippen molar-refractivity contribution in [3.63, 3.8) is 0 Å². The second-order valence-electron chi connectivity index (χ2n) is 3.07. The number of carbonyl (C=O) groups is 1. The van der Waals surface area contributed by atoms with E-state index in [4.69, 9.17) is 17.3 Å². The number of primary amides is 1. The molecule has 0 saturated heterocycles. The summed E-state index contributed by atoms with van der Waals surface area (Å²) in [6, 6.07) is 7.04. The van der Waals surface area contributed by atoms with Crippen molar-refractivity contribution in [2.24, 2.45) is 5.73 Å². The average molecular weight is 213 g/mol. The van der Waals surface area contributed by atoms with Gasteiger partial charge in [-0.2, -0.15) is 0 Å². The van der Waals surface area contributed by atoms with Gasteiger partial charge in [0.15, 0.2) is 0 Å². The van der Waals surface area contributed by atoms with Gasteiger partial charge in [-0.3, -0.25) is 4.79 Å². The van der Waals surface area contributed by atoms with Crippen molar-refractivity contribution in [1.29, 1.82) is 0 Å². The van der Waals surface area contributed by atoms with Crippen LogP contribution in [0, 0.1) is 0 Å². The molecule has 1 atom stereocenters. The van der Waals surface area contributed by atoms with Crippen molar-refractivity contribution < 1.29 is 4.79 Å². The largest absolute Gasteiger partial charge is 0.368 e. The highest BCUT2D eigenvalue weighted by molar-refractivity contribution is 6.30. The highest BCUT2D eigenvalue weighted by Gasteiger charge is 2.12. The van der Waals surface area contributed by atoms with Crippen LogP contribution in [-0.4, -0.2) is 19.0 Å². The fourth-order valence-electron chi connectivity index (χ4n) is 1.20. The van der Waals surface area contributed by atoms with Gasteiger partial charge in [0.1, 0.15) is 0 Å². The van der Waals surface area contributed by atoms with E-state index in [9.17, 15) is 4.79 Å². The van der Waals surface area contributed by atoms with Crippen LogP contribution in [0.4, 0.5) is 0 Å². The van der Waals surface area contributed by atoms with Crippen LogP contribution in [0.3, 0.4) is 0 Å². The Balaban J connectivity index is 2.67. The topological polar surface area (TPSA) is 55.1 Å². The second-order valence-corrected chi connectivity index (χ2v) is 3.51. The number of nitrogens with one attached hydrogen (secondary N) is 1. The van der Waals surface area contributed by atoms with Gasteiger partial charge in [-0.15, -0.1) is 0 Å². The number of carbonyl (C=O) groups excluding carboxylic acids is 1. The van der Waals surface area contributed by atoms with Crippen molar-refractivity contribution >= 4 is 17.5 Å². The molecule has 3 nitrogen and oxygen atoms in total. The van der Waals surface area contributed by atoms with Crippen molar-refractivity contribution in [2.45, 2.75) is 12.5 Å². The molecule has 0 spiro atoms. The molecule has 3 N–H and O–H groups in total. The predicted molar refractivity (Wildman–Crippen MR) is 57.2 cm³/mol. The first-order valence-corrected chi connectivity index (χ1v) is 4.72. The molecule has 0 aliphatic heterocycles. The Morgan fingerprint density at radius 2 is 2.07 bits per heavy atom. The second kappa shape index (κ2) is 4.98. The standard InChI is InChI=1S/C10H13ClN2O/c1-13-9(10(12)14)6-7-2-4-8(11)5-3-7/h2-5,9,13H,6H2,1H3,(H2,12,14)/t9-/m0/s1. The summed E-state index contributed by atoms with van der Waals surface area (Å²) >= 11 is 5.74. The van der Waals surface area contributed by atoms with E-state index in [2.05, 4.69) is 5.32 Å². The van der Waals surface area contributed by atoms with E-state index < -0.39 is 0 Å². The third-order valence-electron chi connectivity index (χ3n) is 2.04. The molecule has 0 aromatic heterocycles. The molecule has 0 aliphatic rings. The third-order valence-corrected chi connectivity index (χ3v) is 2.30. The van der Waals surface area contributed by atoms with Gasteiger partial charge in [-0.1, -0.05) is 23.7 Å². The normalized spacial score (nSPS) is 12.4. The van der Waals surface area contributed by atoms with Crippen molar-refractivity contribution in [1.82, 2.24) is 5.32 Å². The Morgan fingerprint density at radius 3 is 2.50 bits per heavy atom. The fourth-order valence-corrected chi connectivity index (χ4v) is 1.33. The van der Waals surface area contributed by atoms with Gasteiger partial charge in [0, 0.05) is 5.02 Å². The lowest BCUT2D eigenvalue weighted by Crippen LogP contribution is -2.40. The number of rotatable bonds is 4. The van der Waals surface area contributed by atoms with Crippen molar-refractivity contribution in [2.75, 3.05) is 7.05 Å². The predicted octanol–water partition coefficient (Wildman–Crippen LogP) is 0.956. The summed E-state index contributed by atoms with van der Waals surface area (Å²) in [6.07, 6.45) is 0.586. The Bertz CT molecular complexity index is 310. The van der Waals surface area contributed by atoms with Gasteiger partial charge in [-0.05, 0) is 31.2 Å². The van der Waals surface area contributed by atoms with E-state index in [1.165, 1.54) is 0 Å². The first-order valence-electron chi connectivity index (χ1n) is 4.34.